The quantitative estimate of drug-likeness (QED) is 0.613. The fourth-order valence-corrected chi connectivity index (χ4v) is 1.52. The molecule has 1 unspecified atom stereocenters. The van der Waals surface area contributed by atoms with Crippen molar-refractivity contribution in [3.8, 4) is 11.8 Å². The molecular weight excluding hydrogens is 177 g/mol. The van der Waals surface area contributed by atoms with Crippen molar-refractivity contribution < 1.29 is 4.39 Å². The van der Waals surface area contributed by atoms with Crippen LogP contribution in [0, 0.1) is 23.6 Å². The molecular formula is C12H12FN. The zero-order chi connectivity index (χ0) is 9.80. The summed E-state index contributed by atoms with van der Waals surface area (Å²) < 4.78 is 13.1. The van der Waals surface area contributed by atoms with Crippen LogP contribution < -0.4 is 5.32 Å². The normalized spacial score (nSPS) is 20.2. The summed E-state index contributed by atoms with van der Waals surface area (Å²) >= 11 is 0. The summed E-state index contributed by atoms with van der Waals surface area (Å²) in [5.41, 5.74) is 0.499. The molecule has 1 nitrogen and oxygen atoms in total. The summed E-state index contributed by atoms with van der Waals surface area (Å²) in [7, 11) is 0. The second-order valence-electron chi connectivity index (χ2n) is 3.44. The van der Waals surface area contributed by atoms with Gasteiger partial charge in [0.2, 0.25) is 0 Å². The van der Waals surface area contributed by atoms with Gasteiger partial charge < -0.3 is 5.32 Å². The molecule has 0 aliphatic carbocycles. The number of nitrogens with one attached hydrogen (secondary N) is 1. The van der Waals surface area contributed by atoms with Gasteiger partial charge in [0, 0.05) is 12.5 Å². The van der Waals surface area contributed by atoms with Crippen LogP contribution in [0.3, 0.4) is 0 Å². The Morgan fingerprint density at radius 2 is 2.21 bits per heavy atom. The van der Waals surface area contributed by atoms with Gasteiger partial charge in [0.25, 0.3) is 0 Å². The van der Waals surface area contributed by atoms with Crippen molar-refractivity contribution in [3.05, 3.63) is 35.6 Å². The van der Waals surface area contributed by atoms with Crippen molar-refractivity contribution in [2.75, 3.05) is 13.1 Å². The predicted octanol–water partition coefficient (Wildman–Crippen LogP) is 1.79. The molecule has 14 heavy (non-hydrogen) atoms. The Morgan fingerprint density at radius 1 is 1.36 bits per heavy atom. The van der Waals surface area contributed by atoms with E-state index in [1.165, 1.54) is 6.07 Å². The molecule has 1 fully saturated rings. The van der Waals surface area contributed by atoms with Crippen LogP contribution >= 0.6 is 0 Å². The second-order valence-corrected chi connectivity index (χ2v) is 3.44. The van der Waals surface area contributed by atoms with Gasteiger partial charge in [-0.3, -0.25) is 0 Å². The fraction of sp³-hybridized carbons (Fsp3) is 0.333. The van der Waals surface area contributed by atoms with Crippen LogP contribution in [-0.4, -0.2) is 13.1 Å². The van der Waals surface area contributed by atoms with Gasteiger partial charge >= 0.3 is 0 Å². The molecule has 2 heteroatoms. The minimum Gasteiger partial charge on any atom is -0.315 e. The third-order valence-corrected chi connectivity index (χ3v) is 2.35. The van der Waals surface area contributed by atoms with Gasteiger partial charge in [-0.2, -0.15) is 0 Å². The molecule has 72 valence electrons. The SMILES string of the molecule is Fc1ccccc1C#CC1CCNC1. The molecule has 1 aliphatic rings. The van der Waals surface area contributed by atoms with Crippen molar-refractivity contribution >= 4 is 0 Å². The molecule has 1 N–H and O–H groups in total. The summed E-state index contributed by atoms with van der Waals surface area (Å²) in [6.07, 6.45) is 1.07. The van der Waals surface area contributed by atoms with Gasteiger partial charge in [0.1, 0.15) is 5.82 Å². The van der Waals surface area contributed by atoms with E-state index in [4.69, 9.17) is 0 Å². The lowest BCUT2D eigenvalue weighted by atomic mass is 10.1. The molecule has 0 saturated carbocycles. The Kier molecular flexibility index (Phi) is 2.81. The first-order chi connectivity index (χ1) is 6.86. The molecule has 0 aromatic heterocycles. The van der Waals surface area contributed by atoms with Crippen LogP contribution in [-0.2, 0) is 0 Å². The van der Waals surface area contributed by atoms with E-state index < -0.39 is 0 Å². The second kappa shape index (κ2) is 4.26. The van der Waals surface area contributed by atoms with Gasteiger partial charge in [0.05, 0.1) is 5.56 Å². The summed E-state index contributed by atoms with van der Waals surface area (Å²) in [6, 6.07) is 6.64. The maximum atomic E-state index is 13.1. The molecule has 1 aliphatic heterocycles. The van der Waals surface area contributed by atoms with Gasteiger partial charge in [-0.25, -0.2) is 4.39 Å². The number of rotatable bonds is 0. The summed E-state index contributed by atoms with van der Waals surface area (Å²) in [5, 5.41) is 3.23. The molecule has 0 radical (unpaired) electrons. The van der Waals surface area contributed by atoms with Gasteiger partial charge in [-0.1, -0.05) is 24.0 Å². The Morgan fingerprint density at radius 3 is 2.93 bits per heavy atom. The van der Waals surface area contributed by atoms with E-state index in [1.54, 1.807) is 18.2 Å². The largest absolute Gasteiger partial charge is 0.315 e. The van der Waals surface area contributed by atoms with Crippen LogP contribution in [0.15, 0.2) is 24.3 Å². The van der Waals surface area contributed by atoms with Crippen molar-refractivity contribution in [3.63, 3.8) is 0 Å². The first kappa shape index (κ1) is 9.23. The standard InChI is InChI=1S/C12H12FN/c13-12-4-2-1-3-11(12)6-5-10-7-8-14-9-10/h1-4,10,14H,7-9H2. The van der Waals surface area contributed by atoms with Gasteiger partial charge in [-0.05, 0) is 25.1 Å². The highest BCUT2D eigenvalue weighted by atomic mass is 19.1. The monoisotopic (exact) mass is 189 g/mol. The maximum absolute atomic E-state index is 13.1. The number of hydrogen-bond donors (Lipinski definition) is 1. The third kappa shape index (κ3) is 2.12. The number of halogens is 1. The van der Waals surface area contributed by atoms with Gasteiger partial charge in [0.15, 0.2) is 0 Å². The van der Waals surface area contributed by atoms with E-state index in [0.29, 0.717) is 11.5 Å². The van der Waals surface area contributed by atoms with E-state index in [-0.39, 0.29) is 5.82 Å². The Balaban J connectivity index is 2.12. The van der Waals surface area contributed by atoms with Gasteiger partial charge in [-0.15, -0.1) is 0 Å². The molecule has 1 aromatic carbocycles. The Labute approximate surface area is 83.3 Å². The van der Waals surface area contributed by atoms with Crippen LogP contribution in [0.1, 0.15) is 12.0 Å². The zero-order valence-electron chi connectivity index (χ0n) is 7.89. The van der Waals surface area contributed by atoms with Crippen molar-refractivity contribution in [1.29, 1.82) is 0 Å². The molecule has 1 aromatic rings. The molecule has 0 spiro atoms. The van der Waals surface area contributed by atoms with E-state index in [9.17, 15) is 4.39 Å². The first-order valence-electron chi connectivity index (χ1n) is 4.83. The van der Waals surface area contributed by atoms with Crippen molar-refractivity contribution in [2.24, 2.45) is 5.92 Å². The number of hydrogen-bond acceptors (Lipinski definition) is 1. The van der Waals surface area contributed by atoms with E-state index in [1.807, 2.05) is 0 Å². The highest BCUT2D eigenvalue weighted by Crippen LogP contribution is 2.08. The average Bonchev–Trinajstić information content (AvgIpc) is 2.69. The minimum absolute atomic E-state index is 0.231. The lowest BCUT2D eigenvalue weighted by molar-refractivity contribution is 0.624. The predicted molar refractivity (Wildman–Crippen MR) is 54.3 cm³/mol. The lowest BCUT2D eigenvalue weighted by Crippen LogP contribution is -2.07. The van der Waals surface area contributed by atoms with E-state index in [2.05, 4.69) is 17.2 Å². The topological polar surface area (TPSA) is 12.0 Å². The van der Waals surface area contributed by atoms with E-state index in [0.717, 1.165) is 19.5 Å². The summed E-state index contributed by atoms with van der Waals surface area (Å²) in [6.45, 7) is 1.96. The molecule has 1 saturated heterocycles. The van der Waals surface area contributed by atoms with E-state index >= 15 is 0 Å². The van der Waals surface area contributed by atoms with Crippen LogP contribution in [0.4, 0.5) is 4.39 Å². The Bertz CT molecular complexity index is 369. The minimum atomic E-state index is -0.231. The number of benzene rings is 1. The zero-order valence-corrected chi connectivity index (χ0v) is 7.89. The lowest BCUT2D eigenvalue weighted by Gasteiger charge is -1.95. The van der Waals surface area contributed by atoms with Crippen LogP contribution in [0.2, 0.25) is 0 Å². The third-order valence-electron chi connectivity index (χ3n) is 2.35. The molecule has 0 bridgehead atoms. The van der Waals surface area contributed by atoms with Crippen LogP contribution in [0.5, 0.6) is 0 Å². The van der Waals surface area contributed by atoms with Crippen molar-refractivity contribution in [2.45, 2.75) is 6.42 Å². The molecule has 1 atom stereocenters. The van der Waals surface area contributed by atoms with Crippen LogP contribution in [0.25, 0.3) is 0 Å². The van der Waals surface area contributed by atoms with Crippen molar-refractivity contribution in [1.82, 2.24) is 5.32 Å². The fourth-order valence-electron chi connectivity index (χ4n) is 1.52. The molecule has 2 rings (SSSR count). The maximum Gasteiger partial charge on any atom is 0.138 e. The average molecular weight is 189 g/mol. The highest BCUT2D eigenvalue weighted by molar-refractivity contribution is 5.35. The summed E-state index contributed by atoms with van der Waals surface area (Å²) in [5.74, 6) is 6.13. The first-order valence-corrected chi connectivity index (χ1v) is 4.83. The highest BCUT2D eigenvalue weighted by Gasteiger charge is 2.10. The molecule has 1 heterocycles. The Hall–Kier alpha value is -1.33. The summed E-state index contributed by atoms with van der Waals surface area (Å²) in [4.78, 5) is 0. The molecule has 0 amide bonds. The smallest absolute Gasteiger partial charge is 0.138 e.